The van der Waals surface area contributed by atoms with Gasteiger partial charge in [0.1, 0.15) is 5.82 Å². The van der Waals surface area contributed by atoms with Crippen molar-refractivity contribution in [2.24, 2.45) is 0 Å². The third-order valence-electron chi connectivity index (χ3n) is 2.05. The summed E-state index contributed by atoms with van der Waals surface area (Å²) in [7, 11) is 0. The van der Waals surface area contributed by atoms with Gasteiger partial charge in [0.05, 0.1) is 12.1 Å². The highest BCUT2D eigenvalue weighted by Gasteiger charge is 2.11. The summed E-state index contributed by atoms with van der Waals surface area (Å²) in [6, 6.07) is 5.79. The molecule has 0 heterocycles. The van der Waals surface area contributed by atoms with Crippen LogP contribution in [-0.2, 0) is 4.74 Å². The molecular formula is C12H16FNO2. The zero-order valence-electron chi connectivity index (χ0n) is 9.66. The average molecular weight is 225 g/mol. The number of benzene rings is 1. The Morgan fingerprint density at radius 1 is 1.25 bits per heavy atom. The molecule has 0 aliphatic carbocycles. The molecule has 16 heavy (non-hydrogen) atoms. The molecule has 1 atom stereocenters. The van der Waals surface area contributed by atoms with E-state index in [0.29, 0.717) is 0 Å². The molecule has 0 saturated carbocycles. The van der Waals surface area contributed by atoms with Gasteiger partial charge in [-0.3, -0.25) is 0 Å². The molecule has 0 aromatic heterocycles. The van der Waals surface area contributed by atoms with Gasteiger partial charge in [-0.2, -0.15) is 0 Å². The first-order valence-electron chi connectivity index (χ1n) is 5.21. The highest BCUT2D eigenvalue weighted by atomic mass is 19.1. The quantitative estimate of drug-likeness (QED) is 0.858. The first kappa shape index (κ1) is 12.5. The minimum Gasteiger partial charge on any atom is -0.447 e. The van der Waals surface area contributed by atoms with Crippen molar-refractivity contribution in [3.8, 4) is 0 Å². The Kier molecular flexibility index (Phi) is 4.28. The fraction of sp³-hybridized carbons (Fsp3) is 0.417. The van der Waals surface area contributed by atoms with Crippen molar-refractivity contribution in [3.05, 3.63) is 35.6 Å². The second-order valence-corrected chi connectivity index (χ2v) is 3.87. The van der Waals surface area contributed by atoms with Crippen LogP contribution >= 0.6 is 0 Å². The highest BCUT2D eigenvalue weighted by Crippen LogP contribution is 2.12. The van der Waals surface area contributed by atoms with Gasteiger partial charge < -0.3 is 10.1 Å². The Morgan fingerprint density at radius 2 is 1.81 bits per heavy atom. The lowest BCUT2D eigenvalue weighted by molar-refractivity contribution is 0.113. The van der Waals surface area contributed by atoms with Gasteiger partial charge in [-0.25, -0.2) is 9.18 Å². The van der Waals surface area contributed by atoms with E-state index < -0.39 is 6.09 Å². The maximum absolute atomic E-state index is 12.7. The van der Waals surface area contributed by atoms with Gasteiger partial charge in [-0.15, -0.1) is 0 Å². The molecule has 4 heteroatoms. The lowest BCUT2D eigenvalue weighted by Crippen LogP contribution is -2.29. The molecule has 0 saturated heterocycles. The number of carbonyl (C=O) groups is 1. The van der Waals surface area contributed by atoms with Gasteiger partial charge in [0, 0.05) is 0 Å². The molecule has 1 unspecified atom stereocenters. The fourth-order valence-electron chi connectivity index (χ4n) is 1.26. The van der Waals surface area contributed by atoms with Crippen molar-refractivity contribution in [1.29, 1.82) is 0 Å². The van der Waals surface area contributed by atoms with E-state index in [1.807, 2.05) is 6.92 Å². The summed E-state index contributed by atoms with van der Waals surface area (Å²) in [6.45, 7) is 5.37. The standard InChI is InChI=1S/C12H16FNO2/c1-8(2)16-12(15)14-9(3)10-4-6-11(13)7-5-10/h4-9H,1-3H3,(H,14,15). The Bertz CT molecular complexity index is 349. The minimum atomic E-state index is -0.466. The van der Waals surface area contributed by atoms with Crippen LogP contribution in [0.1, 0.15) is 32.4 Å². The highest BCUT2D eigenvalue weighted by molar-refractivity contribution is 5.68. The van der Waals surface area contributed by atoms with Gasteiger partial charge in [0.15, 0.2) is 0 Å². The summed E-state index contributed by atoms with van der Waals surface area (Å²) in [5, 5.41) is 2.66. The Morgan fingerprint density at radius 3 is 2.31 bits per heavy atom. The zero-order chi connectivity index (χ0) is 12.1. The van der Waals surface area contributed by atoms with Crippen LogP contribution in [0, 0.1) is 5.82 Å². The van der Waals surface area contributed by atoms with Crippen LogP contribution in [0.3, 0.4) is 0 Å². The monoisotopic (exact) mass is 225 g/mol. The van der Waals surface area contributed by atoms with Crippen LogP contribution in [0.5, 0.6) is 0 Å². The predicted molar refractivity (Wildman–Crippen MR) is 59.6 cm³/mol. The molecule has 0 bridgehead atoms. The Balaban J connectivity index is 2.55. The molecule has 1 aromatic carbocycles. The van der Waals surface area contributed by atoms with Crippen molar-refractivity contribution >= 4 is 6.09 Å². The number of amides is 1. The Hall–Kier alpha value is -1.58. The molecule has 0 fully saturated rings. The first-order valence-corrected chi connectivity index (χ1v) is 5.21. The maximum atomic E-state index is 12.7. The van der Waals surface area contributed by atoms with Crippen molar-refractivity contribution < 1.29 is 13.9 Å². The van der Waals surface area contributed by atoms with Crippen molar-refractivity contribution in [3.63, 3.8) is 0 Å². The van der Waals surface area contributed by atoms with Gasteiger partial charge >= 0.3 is 6.09 Å². The molecule has 1 amide bonds. The molecule has 1 aromatic rings. The summed E-state index contributed by atoms with van der Waals surface area (Å²) in [4.78, 5) is 11.3. The van der Waals surface area contributed by atoms with E-state index in [4.69, 9.17) is 4.74 Å². The Labute approximate surface area is 94.6 Å². The smallest absolute Gasteiger partial charge is 0.407 e. The van der Waals surface area contributed by atoms with E-state index in [9.17, 15) is 9.18 Å². The molecular weight excluding hydrogens is 209 g/mol. The number of rotatable bonds is 3. The number of ether oxygens (including phenoxy) is 1. The lowest BCUT2D eigenvalue weighted by Gasteiger charge is -2.15. The van der Waals surface area contributed by atoms with Gasteiger partial charge in [0.2, 0.25) is 0 Å². The number of hydrogen-bond acceptors (Lipinski definition) is 2. The van der Waals surface area contributed by atoms with Crippen LogP contribution in [0.4, 0.5) is 9.18 Å². The molecule has 0 radical (unpaired) electrons. The predicted octanol–water partition coefficient (Wildman–Crippen LogP) is 3.02. The number of nitrogens with one attached hydrogen (secondary N) is 1. The summed E-state index contributed by atoms with van der Waals surface area (Å²) in [5.74, 6) is -0.291. The van der Waals surface area contributed by atoms with Crippen molar-refractivity contribution in [2.75, 3.05) is 0 Å². The van der Waals surface area contributed by atoms with Crippen molar-refractivity contribution in [1.82, 2.24) is 5.32 Å². The van der Waals surface area contributed by atoms with Crippen molar-refractivity contribution in [2.45, 2.75) is 32.9 Å². The second kappa shape index (κ2) is 5.49. The van der Waals surface area contributed by atoms with E-state index >= 15 is 0 Å². The number of carbonyl (C=O) groups excluding carboxylic acids is 1. The van der Waals surface area contributed by atoms with E-state index in [0.717, 1.165) is 5.56 Å². The summed E-state index contributed by atoms with van der Waals surface area (Å²) < 4.78 is 17.6. The minimum absolute atomic E-state index is 0.152. The van der Waals surface area contributed by atoms with Crippen LogP contribution in [-0.4, -0.2) is 12.2 Å². The number of hydrogen-bond donors (Lipinski definition) is 1. The van der Waals surface area contributed by atoms with Gasteiger partial charge in [-0.1, -0.05) is 12.1 Å². The first-order chi connectivity index (χ1) is 7.49. The van der Waals surface area contributed by atoms with E-state index in [1.54, 1.807) is 26.0 Å². The SMILES string of the molecule is CC(C)OC(=O)NC(C)c1ccc(F)cc1. The largest absolute Gasteiger partial charge is 0.447 e. The van der Waals surface area contributed by atoms with E-state index in [1.165, 1.54) is 12.1 Å². The molecule has 0 aliphatic rings. The van der Waals surface area contributed by atoms with E-state index in [-0.39, 0.29) is 18.0 Å². The summed E-state index contributed by atoms with van der Waals surface area (Å²) in [6.07, 6.45) is -0.618. The third-order valence-corrected chi connectivity index (χ3v) is 2.05. The normalized spacial score (nSPS) is 12.3. The molecule has 3 nitrogen and oxygen atoms in total. The second-order valence-electron chi connectivity index (χ2n) is 3.87. The van der Waals surface area contributed by atoms with Crippen LogP contribution in [0.15, 0.2) is 24.3 Å². The summed E-state index contributed by atoms with van der Waals surface area (Å²) in [5.41, 5.74) is 0.835. The molecule has 88 valence electrons. The topological polar surface area (TPSA) is 38.3 Å². The zero-order valence-corrected chi connectivity index (χ0v) is 9.66. The maximum Gasteiger partial charge on any atom is 0.407 e. The lowest BCUT2D eigenvalue weighted by atomic mass is 10.1. The third kappa shape index (κ3) is 3.88. The van der Waals surface area contributed by atoms with Gasteiger partial charge in [0.25, 0.3) is 0 Å². The average Bonchev–Trinajstić information content (AvgIpc) is 2.16. The van der Waals surface area contributed by atoms with Gasteiger partial charge in [-0.05, 0) is 38.5 Å². The molecule has 1 N–H and O–H groups in total. The fourth-order valence-corrected chi connectivity index (χ4v) is 1.26. The van der Waals surface area contributed by atoms with Crippen LogP contribution in [0.25, 0.3) is 0 Å². The molecule has 1 rings (SSSR count). The van der Waals surface area contributed by atoms with Crippen LogP contribution in [0.2, 0.25) is 0 Å². The summed E-state index contributed by atoms with van der Waals surface area (Å²) >= 11 is 0. The molecule has 0 aliphatic heterocycles. The number of alkyl carbamates (subject to hydrolysis) is 1. The van der Waals surface area contributed by atoms with E-state index in [2.05, 4.69) is 5.32 Å². The van der Waals surface area contributed by atoms with Crippen LogP contribution < -0.4 is 5.32 Å². The molecule has 0 spiro atoms. The number of halogens is 1.